The maximum Gasteiger partial charge on any atom is 0.201 e. The lowest BCUT2D eigenvalue weighted by Crippen LogP contribution is -2.25. The molecule has 0 radical (unpaired) electrons. The molecule has 0 heterocycles. The first-order chi connectivity index (χ1) is 42.1. The van der Waals surface area contributed by atoms with Crippen LogP contribution in [0, 0.1) is 89.6 Å². The zero-order valence-corrected chi connectivity index (χ0v) is 57.4. The predicted molar refractivity (Wildman–Crippen MR) is 369 cm³/mol. The molecule has 0 aliphatic heterocycles. The van der Waals surface area contributed by atoms with Gasteiger partial charge in [0.15, 0.2) is 11.6 Å². The van der Waals surface area contributed by atoms with E-state index in [0.717, 1.165) is 83.4 Å². The Kier molecular flexibility index (Phi) is 32.5. The molecule has 10 rings (SSSR count). The van der Waals surface area contributed by atoms with Crippen molar-refractivity contribution >= 4 is 0 Å². The summed E-state index contributed by atoms with van der Waals surface area (Å²) >= 11 is 0. The fourth-order valence-corrected chi connectivity index (χ4v) is 18.6. The molecule has 0 aromatic heterocycles. The summed E-state index contributed by atoms with van der Waals surface area (Å²) in [5.41, 5.74) is 5.30. The summed E-state index contributed by atoms with van der Waals surface area (Å²) in [6, 6.07) is 20.5. The van der Waals surface area contributed by atoms with Crippen LogP contribution in [0.2, 0.25) is 0 Å². The Morgan fingerprint density at radius 3 is 1.00 bits per heavy atom. The summed E-state index contributed by atoms with van der Waals surface area (Å²) in [6.45, 7) is 18.5. The minimum Gasteiger partial charge on any atom is -0.490 e. The van der Waals surface area contributed by atoms with E-state index in [2.05, 4.69) is 84.9 Å². The van der Waals surface area contributed by atoms with Gasteiger partial charge in [-0.3, -0.25) is 0 Å². The van der Waals surface area contributed by atoms with E-state index in [9.17, 15) is 8.78 Å². The van der Waals surface area contributed by atoms with Gasteiger partial charge in [0.1, 0.15) is 0 Å². The monoisotopic (exact) mass is 1190 g/mol. The number of benzene rings is 3. The first kappa shape index (κ1) is 70.8. The van der Waals surface area contributed by atoms with Crippen LogP contribution in [-0.2, 0) is 0 Å². The Balaban J connectivity index is 0.000000167. The molecule has 0 unspecified atom stereocenters. The number of ether oxygens (including phenoxy) is 1. The van der Waals surface area contributed by atoms with E-state index in [4.69, 9.17) is 4.74 Å². The Labute approximate surface area is 531 Å². The van der Waals surface area contributed by atoms with Crippen molar-refractivity contribution in [1.82, 2.24) is 0 Å². The molecule has 0 atom stereocenters. The largest absolute Gasteiger partial charge is 0.490 e. The number of hydrogen-bond acceptors (Lipinski definition) is 1. The van der Waals surface area contributed by atoms with Gasteiger partial charge >= 0.3 is 0 Å². The number of hydrogen-bond donors (Lipinski definition) is 0. The van der Waals surface area contributed by atoms with Crippen molar-refractivity contribution in [2.45, 2.75) is 337 Å². The third-order valence-corrected chi connectivity index (χ3v) is 24.4. The van der Waals surface area contributed by atoms with Gasteiger partial charge in [-0.25, -0.2) is 4.39 Å². The van der Waals surface area contributed by atoms with Gasteiger partial charge in [0, 0.05) is 5.56 Å². The zero-order valence-electron chi connectivity index (χ0n) is 57.4. The smallest absolute Gasteiger partial charge is 0.201 e. The average Bonchev–Trinajstić information content (AvgIpc) is 3.74. The fraction of sp³-hybridized carbons (Fsp3) is 0.783. The van der Waals surface area contributed by atoms with Crippen molar-refractivity contribution < 1.29 is 13.5 Å². The lowest BCUT2D eigenvalue weighted by molar-refractivity contribution is 0.140. The van der Waals surface area contributed by atoms with Crippen LogP contribution in [0.15, 0.2) is 60.7 Å². The topological polar surface area (TPSA) is 9.23 Å². The SMILES string of the molecule is CCCC1CCC(C2CCC(CC)CC2)CC1.CCCC1CCC(C2CCC(c3ccc(C)cc3)CC2)CC1.CCCCC1CCC(C2CCC(CCC)CC2)CC1.CCCCC1CCC(c2ccc(-c3ccc(OCCC)c(F)c3F)cc2)CC1. The van der Waals surface area contributed by atoms with Crippen molar-refractivity contribution in [1.29, 1.82) is 0 Å². The van der Waals surface area contributed by atoms with Crippen LogP contribution in [0.5, 0.6) is 5.75 Å². The van der Waals surface area contributed by atoms with E-state index in [1.165, 1.54) is 191 Å². The molecule has 86 heavy (non-hydrogen) atoms. The van der Waals surface area contributed by atoms with Crippen LogP contribution in [0.1, 0.15) is 347 Å². The molecule has 7 aliphatic carbocycles. The van der Waals surface area contributed by atoms with Crippen LogP contribution in [0.4, 0.5) is 8.78 Å². The Bertz CT molecular complexity index is 2170. The second-order valence-electron chi connectivity index (χ2n) is 30.4. The molecule has 3 heteroatoms. The maximum absolute atomic E-state index is 14.5. The third kappa shape index (κ3) is 22.9. The van der Waals surface area contributed by atoms with E-state index >= 15 is 0 Å². The summed E-state index contributed by atoms with van der Waals surface area (Å²) in [5, 5.41) is 0. The van der Waals surface area contributed by atoms with E-state index < -0.39 is 11.6 Å². The van der Waals surface area contributed by atoms with Crippen LogP contribution < -0.4 is 4.74 Å². The quantitative estimate of drug-likeness (QED) is 0.0974. The highest BCUT2D eigenvalue weighted by molar-refractivity contribution is 5.65. The Morgan fingerprint density at radius 2 is 0.651 bits per heavy atom. The molecular formula is C83H134F2O. The molecule has 7 aliphatic rings. The molecule has 3 aromatic rings. The molecule has 0 saturated heterocycles. The Hall–Kier alpha value is -2.68. The first-order valence-corrected chi connectivity index (χ1v) is 38.3. The normalized spacial score (nSPS) is 30.5. The highest BCUT2D eigenvalue weighted by Gasteiger charge is 2.34. The molecule has 0 N–H and O–H groups in total. The zero-order chi connectivity index (χ0) is 60.9. The number of aryl methyl sites for hydroxylation is 1. The minimum absolute atomic E-state index is 0.0143. The molecule has 486 valence electrons. The molecule has 3 aromatic carbocycles. The van der Waals surface area contributed by atoms with Gasteiger partial charge in [-0.05, 0) is 241 Å². The minimum atomic E-state index is -0.902. The van der Waals surface area contributed by atoms with Crippen LogP contribution in [0.25, 0.3) is 11.1 Å². The second kappa shape index (κ2) is 39.6. The lowest BCUT2D eigenvalue weighted by atomic mass is 9.68. The van der Waals surface area contributed by atoms with E-state index in [0.29, 0.717) is 18.1 Å². The van der Waals surface area contributed by atoms with E-state index in [1.54, 1.807) is 102 Å². The van der Waals surface area contributed by atoms with Crippen LogP contribution in [-0.4, -0.2) is 6.61 Å². The molecule has 7 fully saturated rings. The fourth-order valence-electron chi connectivity index (χ4n) is 18.6. The summed E-state index contributed by atoms with van der Waals surface area (Å²) in [6.07, 6.45) is 61.1. The standard InChI is InChI=1S/C25H32F2O.C22H34.C19H36.C17H32/c1-3-5-6-18-7-9-19(10-8-18)20-11-13-21(14-12-20)22-15-16-23(28-17-4-2)25(27)24(22)26;1-3-4-18-7-11-20(12-8-18)22-15-13-21(14-16-22)19-9-5-17(2)6-10-19;1-3-5-7-17-10-14-19(15-11-17)18-12-8-16(6-4-2)9-13-18;1-3-5-15-8-12-17(13-9-15)16-10-6-14(4-2)7-11-16/h11-16,18-19H,3-10,17H2,1-2H3;5-6,9-10,18,20-22H,3-4,7-8,11-16H2,1-2H3;16-19H,3-15H2,1-2H3;14-17H,3-13H2,1-2H3. The highest BCUT2D eigenvalue weighted by atomic mass is 19.2. The molecule has 7 saturated carbocycles. The van der Waals surface area contributed by atoms with Crippen molar-refractivity contribution in [3.63, 3.8) is 0 Å². The summed E-state index contributed by atoms with van der Waals surface area (Å²) in [4.78, 5) is 0. The van der Waals surface area contributed by atoms with Crippen LogP contribution >= 0.6 is 0 Å². The highest BCUT2D eigenvalue weighted by Crippen LogP contribution is 2.47. The molecule has 0 spiro atoms. The van der Waals surface area contributed by atoms with Gasteiger partial charge in [0.2, 0.25) is 5.82 Å². The van der Waals surface area contributed by atoms with Gasteiger partial charge < -0.3 is 4.74 Å². The van der Waals surface area contributed by atoms with Crippen LogP contribution in [0.3, 0.4) is 0 Å². The number of unbranched alkanes of at least 4 members (excludes halogenated alkanes) is 2. The maximum atomic E-state index is 14.5. The molecular weight excluding hydrogens is 1050 g/mol. The molecule has 0 bridgehead atoms. The number of rotatable bonds is 22. The van der Waals surface area contributed by atoms with E-state index in [-0.39, 0.29) is 11.3 Å². The van der Waals surface area contributed by atoms with Crippen molar-refractivity contribution in [3.8, 4) is 16.9 Å². The predicted octanol–water partition coefficient (Wildman–Crippen LogP) is 27.2. The number of halogens is 2. The van der Waals surface area contributed by atoms with Gasteiger partial charge in [-0.2, -0.15) is 4.39 Å². The van der Waals surface area contributed by atoms with Gasteiger partial charge in [0.25, 0.3) is 0 Å². The van der Waals surface area contributed by atoms with Gasteiger partial charge in [0.05, 0.1) is 6.61 Å². The first-order valence-electron chi connectivity index (χ1n) is 38.3. The average molecular weight is 1190 g/mol. The van der Waals surface area contributed by atoms with Gasteiger partial charge in [-0.1, -0.05) is 250 Å². The lowest BCUT2D eigenvalue weighted by Gasteiger charge is -2.38. The third-order valence-electron chi connectivity index (χ3n) is 24.4. The van der Waals surface area contributed by atoms with Crippen molar-refractivity contribution in [2.75, 3.05) is 6.61 Å². The molecule has 1 nitrogen and oxygen atoms in total. The van der Waals surface area contributed by atoms with Crippen molar-refractivity contribution in [2.24, 2.45) is 71.0 Å². The Morgan fingerprint density at radius 1 is 0.326 bits per heavy atom. The summed E-state index contributed by atoms with van der Waals surface area (Å²) < 4.78 is 34.1. The summed E-state index contributed by atoms with van der Waals surface area (Å²) in [7, 11) is 0. The van der Waals surface area contributed by atoms with E-state index in [1.807, 2.05) is 19.1 Å². The van der Waals surface area contributed by atoms with Crippen molar-refractivity contribution in [3.05, 3.63) is 89.0 Å². The van der Waals surface area contributed by atoms with Gasteiger partial charge in [-0.15, -0.1) is 0 Å². The molecule has 0 amide bonds. The second-order valence-corrected chi connectivity index (χ2v) is 30.4. The summed E-state index contributed by atoms with van der Waals surface area (Å²) in [5.74, 6) is 12.5.